The molecule has 1 unspecified atom stereocenters. The summed E-state index contributed by atoms with van der Waals surface area (Å²) in [4.78, 5) is 28.1. The van der Waals surface area contributed by atoms with Gasteiger partial charge in [-0.05, 0) is 24.5 Å². The Hall–Kier alpha value is -1.99. The molecular weight excluding hydrogens is 272 g/mol. The van der Waals surface area contributed by atoms with E-state index in [1.807, 2.05) is 20.8 Å². The molecule has 1 aromatic rings. The van der Waals surface area contributed by atoms with E-state index in [1.165, 1.54) is 4.80 Å². The molecule has 1 saturated heterocycles. The molecule has 0 spiro atoms. The Morgan fingerprint density at radius 3 is 2.38 bits per heavy atom. The summed E-state index contributed by atoms with van der Waals surface area (Å²) in [5, 5.41) is 14.7. The van der Waals surface area contributed by atoms with Crippen LogP contribution >= 0.6 is 0 Å². The van der Waals surface area contributed by atoms with E-state index < -0.39 is 11.6 Å². The monoisotopic (exact) mass is 294 g/mol. The van der Waals surface area contributed by atoms with Crippen molar-refractivity contribution >= 4 is 11.8 Å². The summed E-state index contributed by atoms with van der Waals surface area (Å²) >= 11 is 0. The van der Waals surface area contributed by atoms with Crippen LogP contribution in [0.1, 0.15) is 45.9 Å². The maximum atomic E-state index is 12.9. The maximum absolute atomic E-state index is 12.9. The molecule has 0 saturated carbocycles. The van der Waals surface area contributed by atoms with E-state index in [2.05, 4.69) is 20.7 Å². The first kappa shape index (κ1) is 15.4. The van der Waals surface area contributed by atoms with Gasteiger partial charge in [-0.3, -0.25) is 9.59 Å². The van der Waals surface area contributed by atoms with E-state index in [4.69, 9.17) is 0 Å². The molecule has 2 amide bonds. The molecule has 1 atom stereocenters. The normalized spacial score (nSPS) is 21.5. The summed E-state index contributed by atoms with van der Waals surface area (Å²) in [5.41, 5.74) is -0.815. The first-order valence-electron chi connectivity index (χ1n) is 7.33. The van der Waals surface area contributed by atoms with Gasteiger partial charge in [0.2, 0.25) is 11.8 Å². The highest BCUT2D eigenvalue weighted by atomic mass is 16.2. The minimum atomic E-state index is -0.815. The topological polar surface area (TPSA) is 93.0 Å². The van der Waals surface area contributed by atoms with Gasteiger partial charge in [-0.15, -0.1) is 10.2 Å². The van der Waals surface area contributed by atoms with E-state index in [-0.39, 0.29) is 18.4 Å². The molecule has 0 radical (unpaired) electrons. The number of piperazine rings is 1. The van der Waals surface area contributed by atoms with Crippen molar-refractivity contribution in [3.8, 4) is 0 Å². The van der Waals surface area contributed by atoms with Crippen molar-refractivity contribution in [2.75, 3.05) is 0 Å². The van der Waals surface area contributed by atoms with Gasteiger partial charge in [-0.1, -0.05) is 20.8 Å². The number of nitrogens with one attached hydrogen (secondary N) is 1. The molecule has 1 aliphatic rings. The highest BCUT2D eigenvalue weighted by molar-refractivity contribution is 5.99. The third-order valence-electron chi connectivity index (χ3n) is 4.17. The van der Waals surface area contributed by atoms with Crippen LogP contribution in [0.4, 0.5) is 0 Å². The Morgan fingerprint density at radius 1 is 1.24 bits per heavy atom. The summed E-state index contributed by atoms with van der Waals surface area (Å²) in [6.45, 7) is 5.92. The summed E-state index contributed by atoms with van der Waals surface area (Å²) in [6, 6.07) is -0.479. The van der Waals surface area contributed by atoms with Gasteiger partial charge < -0.3 is 10.2 Å². The van der Waals surface area contributed by atoms with Gasteiger partial charge in [0, 0.05) is 0 Å². The van der Waals surface area contributed by atoms with Crippen LogP contribution in [-0.2, 0) is 23.2 Å². The molecule has 0 bridgehead atoms. The lowest BCUT2D eigenvalue weighted by Gasteiger charge is -2.44. The number of hydrogen-bond donors (Lipinski definition) is 1. The van der Waals surface area contributed by atoms with Crippen LogP contribution in [0.15, 0.2) is 0 Å². The number of amides is 2. The summed E-state index contributed by atoms with van der Waals surface area (Å²) in [6.07, 6.45) is 1.69. The van der Waals surface area contributed by atoms with E-state index in [0.717, 1.165) is 0 Å². The standard InChI is InChI=1S/C13H22N6O2/c1-5-9-11(20)14-13(6-2,7-3)12(21)19(9)8-10-15-17-18(4)16-10/h9H,5-8H2,1-4H3,(H,14,20). The van der Waals surface area contributed by atoms with Crippen molar-refractivity contribution in [3.05, 3.63) is 5.82 Å². The van der Waals surface area contributed by atoms with Crippen molar-refractivity contribution in [3.63, 3.8) is 0 Å². The Bertz CT molecular complexity index is 537. The van der Waals surface area contributed by atoms with Gasteiger partial charge in [0.05, 0.1) is 13.6 Å². The molecule has 116 valence electrons. The SMILES string of the molecule is CCC1C(=O)NC(CC)(CC)C(=O)N1Cc1nnn(C)n1. The zero-order valence-electron chi connectivity index (χ0n) is 13.0. The Balaban J connectivity index is 2.32. The molecule has 2 rings (SSSR count). The third kappa shape index (κ3) is 2.62. The maximum Gasteiger partial charge on any atom is 0.249 e. The van der Waals surface area contributed by atoms with E-state index in [1.54, 1.807) is 11.9 Å². The minimum absolute atomic E-state index is 0.0635. The van der Waals surface area contributed by atoms with Crippen molar-refractivity contribution in [1.82, 2.24) is 30.4 Å². The van der Waals surface area contributed by atoms with Crippen molar-refractivity contribution in [1.29, 1.82) is 0 Å². The number of aryl methyl sites for hydroxylation is 1. The molecule has 1 aliphatic heterocycles. The second-order valence-corrected chi connectivity index (χ2v) is 5.33. The van der Waals surface area contributed by atoms with Gasteiger partial charge in [0.15, 0.2) is 5.82 Å². The highest BCUT2D eigenvalue weighted by Gasteiger charge is 2.48. The van der Waals surface area contributed by atoms with Gasteiger partial charge in [0.25, 0.3) is 0 Å². The average molecular weight is 294 g/mol. The average Bonchev–Trinajstić information content (AvgIpc) is 2.88. The second kappa shape index (κ2) is 5.79. The zero-order chi connectivity index (χ0) is 15.6. The summed E-state index contributed by atoms with van der Waals surface area (Å²) in [5.74, 6) is 0.274. The first-order chi connectivity index (χ1) is 9.97. The Morgan fingerprint density at radius 2 is 1.90 bits per heavy atom. The molecular formula is C13H22N6O2. The predicted molar refractivity (Wildman–Crippen MR) is 74.9 cm³/mol. The molecule has 2 heterocycles. The van der Waals surface area contributed by atoms with Gasteiger partial charge in [0.1, 0.15) is 11.6 Å². The second-order valence-electron chi connectivity index (χ2n) is 5.33. The van der Waals surface area contributed by atoms with Gasteiger partial charge >= 0.3 is 0 Å². The van der Waals surface area contributed by atoms with E-state index >= 15 is 0 Å². The highest BCUT2D eigenvalue weighted by Crippen LogP contribution is 2.27. The lowest BCUT2D eigenvalue weighted by molar-refractivity contribution is -0.156. The smallest absolute Gasteiger partial charge is 0.249 e. The molecule has 1 aromatic heterocycles. The molecule has 0 aliphatic carbocycles. The third-order valence-corrected chi connectivity index (χ3v) is 4.17. The lowest BCUT2D eigenvalue weighted by atomic mass is 9.86. The fourth-order valence-electron chi connectivity index (χ4n) is 2.79. The van der Waals surface area contributed by atoms with Crippen LogP contribution in [0.25, 0.3) is 0 Å². The molecule has 8 nitrogen and oxygen atoms in total. The number of tetrazole rings is 1. The number of nitrogens with zero attached hydrogens (tertiary/aromatic N) is 5. The van der Waals surface area contributed by atoms with E-state index in [9.17, 15) is 9.59 Å². The first-order valence-corrected chi connectivity index (χ1v) is 7.33. The molecule has 1 fully saturated rings. The van der Waals surface area contributed by atoms with Crippen molar-refractivity contribution in [2.24, 2.45) is 7.05 Å². The Kier molecular flexibility index (Phi) is 4.24. The number of aromatic nitrogens is 4. The number of hydrogen-bond acceptors (Lipinski definition) is 5. The van der Waals surface area contributed by atoms with Crippen molar-refractivity contribution in [2.45, 2.75) is 58.2 Å². The van der Waals surface area contributed by atoms with Crippen LogP contribution in [0, 0.1) is 0 Å². The minimum Gasteiger partial charge on any atom is -0.340 e. The molecule has 0 aromatic carbocycles. The van der Waals surface area contributed by atoms with Gasteiger partial charge in [-0.2, -0.15) is 4.80 Å². The van der Waals surface area contributed by atoms with Crippen LogP contribution in [0.2, 0.25) is 0 Å². The van der Waals surface area contributed by atoms with Gasteiger partial charge in [-0.25, -0.2) is 0 Å². The summed E-state index contributed by atoms with van der Waals surface area (Å²) in [7, 11) is 1.67. The largest absolute Gasteiger partial charge is 0.340 e. The molecule has 8 heteroatoms. The molecule has 1 N–H and O–H groups in total. The molecule has 21 heavy (non-hydrogen) atoms. The fourth-order valence-corrected chi connectivity index (χ4v) is 2.79. The quantitative estimate of drug-likeness (QED) is 0.825. The number of carbonyl (C=O) groups excluding carboxylic acids is 2. The van der Waals surface area contributed by atoms with Crippen LogP contribution in [0.5, 0.6) is 0 Å². The number of rotatable bonds is 5. The van der Waals surface area contributed by atoms with Crippen LogP contribution in [-0.4, -0.2) is 48.5 Å². The van der Waals surface area contributed by atoms with E-state index in [0.29, 0.717) is 25.1 Å². The summed E-state index contributed by atoms with van der Waals surface area (Å²) < 4.78 is 0. The van der Waals surface area contributed by atoms with Crippen LogP contribution < -0.4 is 5.32 Å². The lowest BCUT2D eigenvalue weighted by Crippen LogP contribution is -2.69. The fraction of sp³-hybridized carbons (Fsp3) is 0.769. The van der Waals surface area contributed by atoms with Crippen molar-refractivity contribution < 1.29 is 9.59 Å². The zero-order valence-corrected chi connectivity index (χ0v) is 13.0. The number of carbonyl (C=O) groups is 2. The Labute approximate surface area is 123 Å². The van der Waals surface area contributed by atoms with Crippen LogP contribution in [0.3, 0.4) is 0 Å². The predicted octanol–water partition coefficient (Wildman–Crippen LogP) is 0.00590.